The molecule has 4 aromatic carbocycles. The van der Waals surface area contributed by atoms with Crippen molar-refractivity contribution in [2.24, 2.45) is 30.7 Å². The van der Waals surface area contributed by atoms with E-state index in [1.807, 2.05) is 6.11 Å². The molecular weight excluding hydrogens is 1000 g/mol. The second-order valence-corrected chi connectivity index (χ2v) is 21.4. The van der Waals surface area contributed by atoms with E-state index >= 15 is 0 Å². The fourth-order valence-electron chi connectivity index (χ4n) is 4.81. The lowest BCUT2D eigenvalue weighted by atomic mass is 10.1. The molecular formula is C33H33N9O18S6. The lowest BCUT2D eigenvalue weighted by molar-refractivity contribution is -0.135. The van der Waals surface area contributed by atoms with Crippen molar-refractivity contribution >= 4 is 114 Å². The maximum Gasteiger partial charge on any atom is 0.433 e. The largest absolute Gasteiger partial charge is 0.478 e. The highest BCUT2D eigenvalue weighted by molar-refractivity contribution is 8.04. The fraction of sp³-hybridized carbons (Fsp3) is 0.182. The molecule has 0 radical (unpaired) electrons. The van der Waals surface area contributed by atoms with Crippen LogP contribution < -0.4 is 11.5 Å². The summed E-state index contributed by atoms with van der Waals surface area (Å²) in [6.45, 7) is -0.844. The number of carboxylic acids is 1. The summed E-state index contributed by atoms with van der Waals surface area (Å²) in [6, 6.07) is 12.5. The minimum absolute atomic E-state index is 0.0549. The minimum atomic E-state index is -5.22. The van der Waals surface area contributed by atoms with Gasteiger partial charge in [0.2, 0.25) is 0 Å². The van der Waals surface area contributed by atoms with Gasteiger partial charge >= 0.3 is 26.8 Å². The van der Waals surface area contributed by atoms with Crippen LogP contribution in [0.2, 0.25) is 0 Å². The number of benzene rings is 4. The van der Waals surface area contributed by atoms with E-state index in [1.165, 1.54) is 24.3 Å². The van der Waals surface area contributed by atoms with Crippen molar-refractivity contribution < 1.29 is 79.1 Å². The Balaban J connectivity index is 1.84. The number of rotatable bonds is 20. The molecule has 33 heteroatoms. The van der Waals surface area contributed by atoms with Crippen LogP contribution in [0.15, 0.2) is 117 Å². The van der Waals surface area contributed by atoms with Gasteiger partial charge in [0, 0.05) is 16.7 Å². The average molecular weight is 1040 g/mol. The summed E-state index contributed by atoms with van der Waals surface area (Å²) >= 11 is 0.809. The second-order valence-electron chi connectivity index (χ2n) is 12.8. The Morgan fingerprint density at radius 2 is 1.20 bits per heavy atom. The second kappa shape index (κ2) is 21.5. The molecule has 0 aromatic heterocycles. The smallest absolute Gasteiger partial charge is 0.433 e. The summed E-state index contributed by atoms with van der Waals surface area (Å²) in [4.78, 5) is 17.0. The number of hydrogen-bond acceptors (Lipinski definition) is 24. The Kier molecular flexibility index (Phi) is 17.1. The lowest BCUT2D eigenvalue weighted by Gasteiger charge is -2.13. The van der Waals surface area contributed by atoms with Gasteiger partial charge in [-0.25, -0.2) is 25.8 Å². The Labute approximate surface area is 380 Å². The van der Waals surface area contributed by atoms with Crippen LogP contribution in [0.1, 0.15) is 10.4 Å². The van der Waals surface area contributed by atoms with Gasteiger partial charge in [0.15, 0.2) is 25.8 Å². The van der Waals surface area contributed by atoms with Gasteiger partial charge in [0.25, 0.3) is 10.1 Å². The highest BCUT2D eigenvalue weighted by Crippen LogP contribution is 2.49. The van der Waals surface area contributed by atoms with Crippen molar-refractivity contribution in [2.75, 3.05) is 50.2 Å². The van der Waals surface area contributed by atoms with Crippen LogP contribution in [0.3, 0.4) is 0 Å². The van der Waals surface area contributed by atoms with E-state index in [4.69, 9.17) is 20.6 Å². The highest BCUT2D eigenvalue weighted by Gasteiger charge is 2.28. The molecule has 0 saturated heterocycles. The van der Waals surface area contributed by atoms with Crippen LogP contribution in [-0.4, -0.2) is 110 Å². The standard InChI is InChI=1S/C33H33N9O18S6/c1-42(2)13-17-62(45,46)24-11-12-25(26(19-24)64(49,50)51)38-40-31-27(33(43)44)30(39-36-20-3-7-22(8-4-20)61-16-14-58-60-66(55,56)57)28(34)32(29(31)35)41-37-21-5-9-23(10-6-21)63(47,48)18-15-59-65(52,53)54/h3-12,19H,13,15,17-18,34-35H2,1-2H3,(H,43,44)(H,49,50,51)(H,52,53,54)(H,55,56,57). The van der Waals surface area contributed by atoms with Crippen LogP contribution in [0.4, 0.5) is 45.5 Å². The molecule has 8 N–H and O–H groups in total. The average Bonchev–Trinajstić information content (AvgIpc) is 3.21. The van der Waals surface area contributed by atoms with E-state index in [-0.39, 0.29) is 22.8 Å². The van der Waals surface area contributed by atoms with Crippen molar-refractivity contribution in [2.45, 2.75) is 19.6 Å². The van der Waals surface area contributed by atoms with E-state index in [0.29, 0.717) is 11.0 Å². The molecule has 0 aliphatic carbocycles. The minimum Gasteiger partial charge on any atom is -0.478 e. The topological polar surface area (TPSA) is 426 Å². The molecule has 0 aliphatic rings. The van der Waals surface area contributed by atoms with Gasteiger partial charge in [0.05, 0.1) is 50.7 Å². The summed E-state index contributed by atoms with van der Waals surface area (Å²) in [5, 5.41) is 36.3. The van der Waals surface area contributed by atoms with E-state index in [1.54, 1.807) is 19.0 Å². The molecule has 0 bridgehead atoms. The number of thioether (sulfide) groups is 1. The van der Waals surface area contributed by atoms with E-state index in [2.05, 4.69) is 49.3 Å². The van der Waals surface area contributed by atoms with Gasteiger partial charge in [-0.15, -0.1) is 20.5 Å². The first-order valence-electron chi connectivity index (χ1n) is 17.3. The summed E-state index contributed by atoms with van der Waals surface area (Å²) < 4.78 is 154. The van der Waals surface area contributed by atoms with E-state index in [9.17, 15) is 56.5 Å². The number of hydrogen-bond donors (Lipinski definition) is 6. The molecule has 0 spiro atoms. The van der Waals surface area contributed by atoms with Crippen molar-refractivity contribution in [3.8, 4) is 11.4 Å². The lowest BCUT2D eigenvalue weighted by Crippen LogP contribution is -2.22. The van der Waals surface area contributed by atoms with Crippen LogP contribution in [0.5, 0.6) is 0 Å². The molecule has 0 heterocycles. The SMILES string of the molecule is CN(C)CCS(=O)(=O)c1ccc(N=Nc2c(N)c(N=Nc3ccc(S(=O)(=O)CCOS(=O)(=O)O)cc3)c(N)c(N=Nc3ccc(SC#COOS(=O)(=O)O)cc3)c2C(=O)O)c(S(=O)(=O)O)c1. The van der Waals surface area contributed by atoms with Crippen molar-refractivity contribution in [3.05, 3.63) is 72.3 Å². The molecule has 0 aliphatic heterocycles. The number of nitrogens with two attached hydrogens (primary N) is 2. The summed E-state index contributed by atoms with van der Waals surface area (Å²) in [5.74, 6) is -3.07. The quantitative estimate of drug-likeness (QED) is 0.0132. The number of anilines is 2. The molecule has 0 saturated carbocycles. The normalized spacial score (nSPS) is 12.8. The molecule has 27 nitrogen and oxygen atoms in total. The number of nitrogens with zero attached hydrogens (tertiary/aromatic N) is 7. The first-order valence-corrected chi connectivity index (χ1v) is 25.6. The van der Waals surface area contributed by atoms with Gasteiger partial charge in [0.1, 0.15) is 33.2 Å². The Bertz CT molecular complexity index is 3230. The summed E-state index contributed by atoms with van der Waals surface area (Å²) in [5.41, 5.74) is 7.96. The van der Waals surface area contributed by atoms with E-state index in [0.717, 1.165) is 48.2 Å². The zero-order valence-electron chi connectivity index (χ0n) is 33.4. The third-order valence-corrected chi connectivity index (χ3v) is 13.5. The van der Waals surface area contributed by atoms with Crippen LogP contribution >= 0.6 is 11.8 Å². The highest BCUT2D eigenvalue weighted by atomic mass is 32.3. The molecule has 0 fully saturated rings. The van der Waals surface area contributed by atoms with Crippen LogP contribution in [-0.2, 0) is 64.0 Å². The maximum absolute atomic E-state index is 13.0. The van der Waals surface area contributed by atoms with Crippen molar-refractivity contribution in [1.29, 1.82) is 0 Å². The summed E-state index contributed by atoms with van der Waals surface area (Å²) in [6.07, 6.45) is 1.85. The monoisotopic (exact) mass is 1040 g/mol. The maximum atomic E-state index is 13.0. The molecule has 354 valence electrons. The van der Waals surface area contributed by atoms with E-state index < -0.39 is 124 Å². The number of aromatic carboxylic acids is 1. The Hall–Kier alpha value is -6.03. The van der Waals surface area contributed by atoms with Gasteiger partial charge < -0.3 is 21.5 Å². The summed E-state index contributed by atoms with van der Waals surface area (Å²) in [7, 11) is -20.1. The van der Waals surface area contributed by atoms with Crippen molar-refractivity contribution in [3.63, 3.8) is 0 Å². The zero-order chi connectivity index (χ0) is 49.3. The first kappa shape index (κ1) is 52.6. The molecule has 0 unspecified atom stereocenters. The number of azo groups is 3. The predicted molar refractivity (Wildman–Crippen MR) is 231 cm³/mol. The van der Waals surface area contributed by atoms with Gasteiger partial charge in [-0.1, -0.05) is 0 Å². The predicted octanol–water partition coefficient (Wildman–Crippen LogP) is 4.73. The Morgan fingerprint density at radius 1 is 0.682 bits per heavy atom. The Morgan fingerprint density at radius 3 is 1.71 bits per heavy atom. The zero-order valence-corrected chi connectivity index (χ0v) is 38.3. The van der Waals surface area contributed by atoms with Crippen LogP contribution in [0.25, 0.3) is 0 Å². The molecule has 4 aromatic rings. The van der Waals surface area contributed by atoms with Gasteiger partial charge in [-0.3, -0.25) is 18.5 Å². The van der Waals surface area contributed by atoms with Crippen LogP contribution in [0, 0.1) is 11.4 Å². The molecule has 0 atom stereocenters. The molecule has 66 heavy (non-hydrogen) atoms. The third-order valence-electron chi connectivity index (χ3n) is 7.86. The first-order chi connectivity index (χ1) is 30.6. The van der Waals surface area contributed by atoms with Gasteiger partial charge in [-0.05, 0) is 96.9 Å². The molecule has 4 rings (SSSR count). The molecule has 0 amide bonds. The number of carbonyl (C=O) groups is 1. The number of sulfone groups is 2. The fourth-order valence-corrected chi connectivity index (χ4v) is 9.02. The third kappa shape index (κ3) is 15.3. The number of nitrogen functional groups attached to an aromatic ring is 2. The van der Waals surface area contributed by atoms with Gasteiger partial charge in [-0.2, -0.15) is 35.5 Å². The number of carboxylic acid groups (broad SMARTS) is 1. The van der Waals surface area contributed by atoms with Crippen molar-refractivity contribution in [1.82, 2.24) is 4.90 Å².